The Morgan fingerprint density at radius 2 is 2.00 bits per heavy atom. The van der Waals surface area contributed by atoms with Crippen LogP contribution >= 0.6 is 0 Å². The number of para-hydroxylation sites is 1. The average Bonchev–Trinajstić information content (AvgIpc) is 2.77. The summed E-state index contributed by atoms with van der Waals surface area (Å²) in [5.74, 6) is 1.81. The zero-order valence-electron chi connectivity index (χ0n) is 10.8. The van der Waals surface area contributed by atoms with Crippen molar-refractivity contribution in [3.05, 3.63) is 42.0 Å². The number of nitrogens with zero attached hydrogens (tertiary/aromatic N) is 3. The lowest BCUT2D eigenvalue weighted by Crippen LogP contribution is -2.21. The molecular formula is C13H18N4O. The zero-order valence-corrected chi connectivity index (χ0v) is 10.8. The third-order valence-electron chi connectivity index (χ3n) is 2.67. The molecule has 18 heavy (non-hydrogen) atoms. The summed E-state index contributed by atoms with van der Waals surface area (Å²) < 4.78 is 7.05. The molecule has 5 heteroatoms. The Morgan fingerprint density at radius 1 is 1.22 bits per heavy atom. The van der Waals surface area contributed by atoms with Gasteiger partial charge in [-0.2, -0.15) is 0 Å². The van der Waals surface area contributed by atoms with Crippen LogP contribution in [0.1, 0.15) is 11.6 Å². The summed E-state index contributed by atoms with van der Waals surface area (Å²) in [7, 11) is 1.69. The highest BCUT2D eigenvalue weighted by molar-refractivity contribution is 5.33. The van der Waals surface area contributed by atoms with Crippen LogP contribution in [0.15, 0.2) is 30.3 Å². The molecule has 0 amide bonds. The van der Waals surface area contributed by atoms with Gasteiger partial charge in [0.25, 0.3) is 0 Å². The van der Waals surface area contributed by atoms with Crippen LogP contribution in [0, 0.1) is 6.92 Å². The molecule has 0 saturated heterocycles. The van der Waals surface area contributed by atoms with Gasteiger partial charge in [0.1, 0.15) is 5.82 Å². The van der Waals surface area contributed by atoms with Crippen molar-refractivity contribution >= 4 is 0 Å². The molecule has 2 aromatic rings. The first-order valence-electron chi connectivity index (χ1n) is 5.99. The Labute approximate surface area is 107 Å². The van der Waals surface area contributed by atoms with Crippen LogP contribution in [-0.4, -0.2) is 35.0 Å². The van der Waals surface area contributed by atoms with Gasteiger partial charge in [0.2, 0.25) is 0 Å². The van der Waals surface area contributed by atoms with Crippen molar-refractivity contribution in [1.29, 1.82) is 0 Å². The Hall–Kier alpha value is -1.72. The Kier molecular flexibility index (Phi) is 4.44. The fourth-order valence-electron chi connectivity index (χ4n) is 1.81. The van der Waals surface area contributed by atoms with Crippen LogP contribution < -0.4 is 5.32 Å². The van der Waals surface area contributed by atoms with Crippen LogP contribution in [0.3, 0.4) is 0 Å². The first-order valence-corrected chi connectivity index (χ1v) is 5.99. The summed E-state index contributed by atoms with van der Waals surface area (Å²) in [6.07, 6.45) is 0. The van der Waals surface area contributed by atoms with E-state index in [9.17, 15) is 0 Å². The van der Waals surface area contributed by atoms with Gasteiger partial charge in [0, 0.05) is 19.3 Å². The molecular weight excluding hydrogens is 228 g/mol. The zero-order chi connectivity index (χ0) is 12.8. The Balaban J connectivity index is 2.12. The summed E-state index contributed by atoms with van der Waals surface area (Å²) >= 11 is 0. The van der Waals surface area contributed by atoms with E-state index in [0.29, 0.717) is 13.2 Å². The minimum atomic E-state index is 0.680. The Bertz CT molecular complexity index is 481. The lowest BCUT2D eigenvalue weighted by atomic mass is 10.3. The van der Waals surface area contributed by atoms with E-state index in [1.807, 2.05) is 25.1 Å². The maximum atomic E-state index is 4.99. The summed E-state index contributed by atoms with van der Waals surface area (Å²) in [6, 6.07) is 10.1. The van der Waals surface area contributed by atoms with Crippen molar-refractivity contribution < 1.29 is 4.74 Å². The van der Waals surface area contributed by atoms with E-state index >= 15 is 0 Å². The van der Waals surface area contributed by atoms with Gasteiger partial charge in [-0.3, -0.25) is 4.57 Å². The highest BCUT2D eigenvalue weighted by Crippen LogP contribution is 2.11. The van der Waals surface area contributed by atoms with Gasteiger partial charge in [-0.15, -0.1) is 10.2 Å². The molecule has 0 bridgehead atoms. The molecule has 0 saturated carbocycles. The van der Waals surface area contributed by atoms with E-state index in [1.165, 1.54) is 0 Å². The summed E-state index contributed by atoms with van der Waals surface area (Å²) in [6.45, 7) is 4.13. The van der Waals surface area contributed by atoms with Crippen molar-refractivity contribution in [3.8, 4) is 5.69 Å². The van der Waals surface area contributed by atoms with E-state index in [-0.39, 0.29) is 0 Å². The first kappa shape index (κ1) is 12.7. The first-order chi connectivity index (χ1) is 8.83. The van der Waals surface area contributed by atoms with E-state index in [2.05, 4.69) is 32.2 Å². The molecule has 0 unspecified atom stereocenters. The number of aromatic nitrogens is 3. The fraction of sp³-hybridized carbons (Fsp3) is 0.385. The minimum absolute atomic E-state index is 0.680. The highest BCUT2D eigenvalue weighted by Gasteiger charge is 2.09. The number of rotatable bonds is 6. The van der Waals surface area contributed by atoms with Gasteiger partial charge < -0.3 is 10.1 Å². The number of aryl methyl sites for hydroxylation is 1. The molecule has 0 aliphatic heterocycles. The highest BCUT2D eigenvalue weighted by atomic mass is 16.5. The molecule has 0 atom stereocenters. The van der Waals surface area contributed by atoms with Gasteiger partial charge in [0.05, 0.1) is 13.2 Å². The predicted molar refractivity (Wildman–Crippen MR) is 69.7 cm³/mol. The van der Waals surface area contributed by atoms with Crippen molar-refractivity contribution in [2.75, 3.05) is 20.3 Å². The van der Waals surface area contributed by atoms with Gasteiger partial charge in [-0.05, 0) is 19.1 Å². The van der Waals surface area contributed by atoms with E-state index in [1.54, 1.807) is 7.11 Å². The van der Waals surface area contributed by atoms with Crippen LogP contribution in [0.2, 0.25) is 0 Å². The van der Waals surface area contributed by atoms with Crippen molar-refractivity contribution in [2.45, 2.75) is 13.5 Å². The predicted octanol–water partition coefficient (Wildman–Crippen LogP) is 1.31. The minimum Gasteiger partial charge on any atom is -0.383 e. The van der Waals surface area contributed by atoms with Crippen molar-refractivity contribution in [1.82, 2.24) is 20.1 Å². The summed E-state index contributed by atoms with van der Waals surface area (Å²) in [4.78, 5) is 0. The molecule has 2 rings (SSSR count). The standard InChI is InChI=1S/C13H18N4O/c1-11-15-16-13(10-14-8-9-18-2)17(11)12-6-4-3-5-7-12/h3-7,14H,8-10H2,1-2H3. The molecule has 0 radical (unpaired) electrons. The van der Waals surface area contributed by atoms with Crippen LogP contribution in [0.4, 0.5) is 0 Å². The van der Waals surface area contributed by atoms with Gasteiger partial charge in [0.15, 0.2) is 5.82 Å². The smallest absolute Gasteiger partial charge is 0.151 e. The van der Waals surface area contributed by atoms with Crippen LogP contribution in [0.5, 0.6) is 0 Å². The van der Waals surface area contributed by atoms with Gasteiger partial charge in [-0.25, -0.2) is 0 Å². The lowest BCUT2D eigenvalue weighted by Gasteiger charge is -2.09. The molecule has 1 aromatic carbocycles. The molecule has 0 fully saturated rings. The summed E-state index contributed by atoms with van der Waals surface area (Å²) in [5.41, 5.74) is 1.09. The van der Waals surface area contributed by atoms with E-state index < -0.39 is 0 Å². The molecule has 96 valence electrons. The van der Waals surface area contributed by atoms with Gasteiger partial charge in [-0.1, -0.05) is 18.2 Å². The SMILES string of the molecule is COCCNCc1nnc(C)n1-c1ccccc1. The van der Waals surface area contributed by atoms with E-state index in [4.69, 9.17) is 4.74 Å². The molecule has 0 aliphatic carbocycles. The van der Waals surface area contributed by atoms with Crippen LogP contribution in [0.25, 0.3) is 5.69 Å². The topological polar surface area (TPSA) is 52.0 Å². The molecule has 0 aliphatic rings. The number of hydrogen-bond donors (Lipinski definition) is 1. The third kappa shape index (κ3) is 2.94. The normalized spacial score (nSPS) is 10.8. The van der Waals surface area contributed by atoms with Gasteiger partial charge >= 0.3 is 0 Å². The molecule has 0 spiro atoms. The maximum Gasteiger partial charge on any atom is 0.151 e. The second-order valence-electron chi connectivity index (χ2n) is 4.00. The number of hydrogen-bond acceptors (Lipinski definition) is 4. The second-order valence-corrected chi connectivity index (χ2v) is 4.00. The quantitative estimate of drug-likeness (QED) is 0.781. The number of benzene rings is 1. The third-order valence-corrected chi connectivity index (χ3v) is 2.67. The number of methoxy groups -OCH3 is 1. The van der Waals surface area contributed by atoms with Crippen molar-refractivity contribution in [3.63, 3.8) is 0 Å². The largest absolute Gasteiger partial charge is 0.383 e. The second kappa shape index (κ2) is 6.28. The monoisotopic (exact) mass is 246 g/mol. The lowest BCUT2D eigenvalue weighted by molar-refractivity contribution is 0.199. The molecule has 1 heterocycles. The Morgan fingerprint density at radius 3 is 2.72 bits per heavy atom. The van der Waals surface area contributed by atoms with E-state index in [0.717, 1.165) is 23.9 Å². The molecule has 5 nitrogen and oxygen atoms in total. The average molecular weight is 246 g/mol. The maximum absolute atomic E-state index is 4.99. The van der Waals surface area contributed by atoms with Crippen LogP contribution in [-0.2, 0) is 11.3 Å². The number of ether oxygens (including phenoxy) is 1. The number of nitrogens with one attached hydrogen (secondary N) is 1. The van der Waals surface area contributed by atoms with Crippen molar-refractivity contribution in [2.24, 2.45) is 0 Å². The summed E-state index contributed by atoms with van der Waals surface area (Å²) in [5, 5.41) is 11.6. The molecule has 1 aromatic heterocycles. The molecule has 1 N–H and O–H groups in total. The fourth-order valence-corrected chi connectivity index (χ4v) is 1.81.